The molecule has 0 aliphatic heterocycles. The summed E-state index contributed by atoms with van der Waals surface area (Å²) in [5, 5.41) is 27.6. The third-order valence-electron chi connectivity index (χ3n) is 1.81. The van der Waals surface area contributed by atoms with Gasteiger partial charge < -0.3 is 25.1 Å². The fourth-order valence-electron chi connectivity index (χ4n) is 0.882. The summed E-state index contributed by atoms with van der Waals surface area (Å²) in [7, 11) is -4.76. The first-order valence-corrected chi connectivity index (χ1v) is 5.99. The van der Waals surface area contributed by atoms with Gasteiger partial charge in [-0.05, 0) is 0 Å². The van der Waals surface area contributed by atoms with E-state index >= 15 is 0 Å². The Labute approximate surface area is 91.7 Å². The van der Waals surface area contributed by atoms with Gasteiger partial charge in [-0.25, -0.2) is 4.57 Å². The van der Waals surface area contributed by atoms with Crippen LogP contribution in [-0.2, 0) is 13.9 Å². The highest BCUT2D eigenvalue weighted by atomic mass is 31.2. The van der Waals surface area contributed by atoms with Crippen LogP contribution in [0.2, 0.25) is 0 Å². The molecule has 0 unspecified atom stereocenters. The molecule has 0 rings (SSSR count). The molecule has 0 bridgehead atoms. The van der Waals surface area contributed by atoms with Gasteiger partial charge in [0.2, 0.25) is 0 Å². The van der Waals surface area contributed by atoms with E-state index < -0.39 is 38.5 Å². The SMILES string of the molecule is CCC(=O)[C@@H](O)[C@H](O)[C@H](O)COP(=O)(O)O. The van der Waals surface area contributed by atoms with E-state index in [1.165, 1.54) is 6.92 Å². The maximum atomic E-state index is 10.9. The summed E-state index contributed by atoms with van der Waals surface area (Å²) >= 11 is 0. The highest BCUT2D eigenvalue weighted by Crippen LogP contribution is 2.35. The van der Waals surface area contributed by atoms with Gasteiger partial charge in [-0.3, -0.25) is 9.32 Å². The molecule has 0 radical (unpaired) electrons. The van der Waals surface area contributed by atoms with E-state index in [0.717, 1.165) is 0 Å². The summed E-state index contributed by atoms with van der Waals surface area (Å²) in [5.74, 6) is -0.692. The van der Waals surface area contributed by atoms with Crippen molar-refractivity contribution in [3.05, 3.63) is 0 Å². The van der Waals surface area contributed by atoms with Crippen LogP contribution in [0.3, 0.4) is 0 Å². The number of hydrogen-bond acceptors (Lipinski definition) is 6. The lowest BCUT2D eigenvalue weighted by atomic mass is 10.0. The van der Waals surface area contributed by atoms with Gasteiger partial charge in [-0.1, -0.05) is 6.92 Å². The molecule has 16 heavy (non-hydrogen) atoms. The standard InChI is InChI=1S/C7H15O8P/c1-2-4(8)6(10)7(11)5(9)3-15-16(12,13)14/h5-7,9-11H,2-3H2,1H3,(H2,12,13,14)/t5-,6-,7-/m1/s1. The first-order chi connectivity index (χ1) is 7.19. The number of phosphoric ester groups is 1. The normalized spacial score (nSPS) is 17.9. The van der Waals surface area contributed by atoms with Crippen LogP contribution in [0.1, 0.15) is 13.3 Å². The van der Waals surface area contributed by atoms with Crippen molar-refractivity contribution in [1.82, 2.24) is 0 Å². The van der Waals surface area contributed by atoms with E-state index in [-0.39, 0.29) is 6.42 Å². The molecule has 0 aromatic carbocycles. The summed E-state index contributed by atoms with van der Waals surface area (Å²) in [5.41, 5.74) is 0. The monoisotopic (exact) mass is 258 g/mol. The third-order valence-corrected chi connectivity index (χ3v) is 2.29. The average molecular weight is 258 g/mol. The van der Waals surface area contributed by atoms with Gasteiger partial charge in [0.15, 0.2) is 5.78 Å². The fraction of sp³-hybridized carbons (Fsp3) is 0.857. The molecule has 0 aromatic rings. The number of Topliss-reactive ketones (excluding diaryl/α,β-unsaturated/α-hetero) is 1. The molecule has 8 nitrogen and oxygen atoms in total. The van der Waals surface area contributed by atoms with Gasteiger partial charge in [0, 0.05) is 6.42 Å². The molecule has 0 fully saturated rings. The Balaban J connectivity index is 4.23. The van der Waals surface area contributed by atoms with Crippen molar-refractivity contribution in [3.8, 4) is 0 Å². The second-order valence-corrected chi connectivity index (χ2v) is 4.35. The molecule has 0 saturated heterocycles. The molecular weight excluding hydrogens is 243 g/mol. The number of rotatable bonds is 7. The molecule has 0 aliphatic carbocycles. The van der Waals surface area contributed by atoms with Gasteiger partial charge in [0.1, 0.15) is 18.3 Å². The molecule has 9 heteroatoms. The summed E-state index contributed by atoms with van der Waals surface area (Å²) < 4.78 is 14.2. The van der Waals surface area contributed by atoms with E-state index in [0.29, 0.717) is 0 Å². The van der Waals surface area contributed by atoms with Crippen molar-refractivity contribution in [1.29, 1.82) is 0 Å². The fourth-order valence-corrected chi connectivity index (χ4v) is 1.23. The van der Waals surface area contributed by atoms with Crippen molar-refractivity contribution < 1.29 is 39.0 Å². The van der Waals surface area contributed by atoms with Crippen molar-refractivity contribution >= 4 is 13.6 Å². The number of aliphatic hydroxyl groups is 3. The lowest BCUT2D eigenvalue weighted by Crippen LogP contribution is -2.43. The summed E-state index contributed by atoms with van der Waals surface area (Å²) in [6.07, 6.45) is -5.46. The van der Waals surface area contributed by atoms with E-state index in [1.807, 2.05) is 0 Å². The molecule has 96 valence electrons. The Bertz CT molecular complexity index is 274. The first-order valence-electron chi connectivity index (χ1n) is 4.46. The maximum Gasteiger partial charge on any atom is 0.469 e. The minimum Gasteiger partial charge on any atom is -0.388 e. The Kier molecular flexibility index (Phi) is 6.27. The van der Waals surface area contributed by atoms with Gasteiger partial charge in [0.25, 0.3) is 0 Å². The van der Waals surface area contributed by atoms with Crippen molar-refractivity contribution in [2.75, 3.05) is 6.61 Å². The average Bonchev–Trinajstić information content (AvgIpc) is 2.21. The van der Waals surface area contributed by atoms with E-state index in [2.05, 4.69) is 4.52 Å². The Hall–Kier alpha value is -0.340. The number of ketones is 1. The lowest BCUT2D eigenvalue weighted by Gasteiger charge is -2.21. The minimum atomic E-state index is -4.76. The zero-order valence-corrected chi connectivity index (χ0v) is 9.45. The Morgan fingerprint density at radius 2 is 1.81 bits per heavy atom. The maximum absolute atomic E-state index is 10.9. The summed E-state index contributed by atoms with van der Waals surface area (Å²) in [6, 6.07) is 0. The van der Waals surface area contributed by atoms with Crippen molar-refractivity contribution in [3.63, 3.8) is 0 Å². The number of carbonyl (C=O) groups excluding carboxylic acids is 1. The predicted molar refractivity (Wildman–Crippen MR) is 51.3 cm³/mol. The third kappa shape index (κ3) is 5.66. The van der Waals surface area contributed by atoms with Crippen molar-refractivity contribution in [2.45, 2.75) is 31.7 Å². The second kappa shape index (κ2) is 6.41. The van der Waals surface area contributed by atoms with Crippen LogP contribution >= 0.6 is 7.82 Å². The van der Waals surface area contributed by atoms with Crippen LogP contribution in [0.25, 0.3) is 0 Å². The molecule has 0 aliphatic rings. The van der Waals surface area contributed by atoms with Gasteiger partial charge in [-0.2, -0.15) is 0 Å². The molecule has 0 amide bonds. The van der Waals surface area contributed by atoms with E-state index in [9.17, 15) is 19.6 Å². The number of aliphatic hydroxyl groups excluding tert-OH is 3. The predicted octanol–water partition coefficient (Wildman–Crippen LogP) is -1.84. The lowest BCUT2D eigenvalue weighted by molar-refractivity contribution is -0.139. The van der Waals surface area contributed by atoms with Crippen LogP contribution in [0.5, 0.6) is 0 Å². The molecule has 0 aromatic heterocycles. The summed E-state index contributed by atoms with van der Waals surface area (Å²) in [6.45, 7) is 0.566. The Morgan fingerprint density at radius 1 is 1.31 bits per heavy atom. The second-order valence-electron chi connectivity index (χ2n) is 3.11. The number of carbonyl (C=O) groups is 1. The molecular formula is C7H15O8P. The number of hydrogen-bond donors (Lipinski definition) is 5. The topological polar surface area (TPSA) is 145 Å². The molecule has 0 saturated carbocycles. The zero-order chi connectivity index (χ0) is 12.9. The summed E-state index contributed by atoms with van der Waals surface area (Å²) in [4.78, 5) is 27.6. The first kappa shape index (κ1) is 15.7. The van der Waals surface area contributed by atoms with Crippen molar-refractivity contribution in [2.24, 2.45) is 0 Å². The van der Waals surface area contributed by atoms with Crippen LogP contribution in [0.15, 0.2) is 0 Å². The van der Waals surface area contributed by atoms with Gasteiger partial charge >= 0.3 is 7.82 Å². The van der Waals surface area contributed by atoms with Crippen LogP contribution in [0, 0.1) is 0 Å². The van der Waals surface area contributed by atoms with Crippen LogP contribution in [0.4, 0.5) is 0 Å². The minimum absolute atomic E-state index is 0.0374. The molecule has 3 atom stereocenters. The molecule has 0 spiro atoms. The van der Waals surface area contributed by atoms with Gasteiger partial charge in [0.05, 0.1) is 6.61 Å². The van der Waals surface area contributed by atoms with Crippen LogP contribution in [-0.4, -0.2) is 55.8 Å². The Morgan fingerprint density at radius 3 is 2.19 bits per heavy atom. The smallest absolute Gasteiger partial charge is 0.388 e. The molecule has 5 N–H and O–H groups in total. The van der Waals surface area contributed by atoms with E-state index in [1.54, 1.807) is 0 Å². The highest BCUT2D eigenvalue weighted by molar-refractivity contribution is 7.46. The number of phosphoric acid groups is 1. The van der Waals surface area contributed by atoms with Gasteiger partial charge in [-0.15, -0.1) is 0 Å². The zero-order valence-electron chi connectivity index (χ0n) is 8.55. The van der Waals surface area contributed by atoms with E-state index in [4.69, 9.17) is 14.9 Å². The molecule has 0 heterocycles. The quantitative estimate of drug-likeness (QED) is 0.335. The highest BCUT2D eigenvalue weighted by Gasteiger charge is 2.30. The largest absolute Gasteiger partial charge is 0.469 e. The van der Waals surface area contributed by atoms with Crippen LogP contribution < -0.4 is 0 Å².